The minimum atomic E-state index is -1.10. The van der Waals surface area contributed by atoms with Gasteiger partial charge in [0.05, 0.1) is 23.4 Å². The monoisotopic (exact) mass is 514 g/mol. The number of hydrogen-bond acceptors (Lipinski definition) is 5. The topological polar surface area (TPSA) is 150 Å². The first-order valence-corrected chi connectivity index (χ1v) is 12.5. The summed E-state index contributed by atoms with van der Waals surface area (Å²) in [6.07, 6.45) is 1.58. The van der Waals surface area contributed by atoms with Crippen molar-refractivity contribution in [3.63, 3.8) is 0 Å². The lowest BCUT2D eigenvalue weighted by atomic mass is 10.0. The lowest BCUT2D eigenvalue weighted by molar-refractivity contribution is -0.137. The Morgan fingerprint density at radius 1 is 1.00 bits per heavy atom. The number of rotatable bonds is 7. The third-order valence-corrected chi connectivity index (χ3v) is 7.06. The molecule has 0 bridgehead atoms. The lowest BCUT2D eigenvalue weighted by Crippen LogP contribution is -2.40. The molecule has 10 nitrogen and oxygen atoms in total. The quantitative estimate of drug-likeness (QED) is 0.220. The third-order valence-electron chi connectivity index (χ3n) is 7.06. The van der Waals surface area contributed by atoms with Gasteiger partial charge in [-0.1, -0.05) is 24.3 Å². The number of amidine groups is 2. The molecule has 5 N–H and O–H groups in total. The highest BCUT2D eigenvalue weighted by Gasteiger charge is 2.22. The maximum absolute atomic E-state index is 13.4. The van der Waals surface area contributed by atoms with Crippen LogP contribution in [0.5, 0.6) is 5.75 Å². The predicted octanol–water partition coefficient (Wildman–Crippen LogP) is 3.21. The summed E-state index contributed by atoms with van der Waals surface area (Å²) in [4.78, 5) is 26.9. The van der Waals surface area contributed by atoms with E-state index in [-0.39, 0.29) is 18.5 Å². The molecule has 3 aromatic carbocycles. The van der Waals surface area contributed by atoms with Crippen molar-refractivity contribution in [2.45, 2.75) is 39.0 Å². The number of carboxylic acids is 1. The van der Waals surface area contributed by atoms with Gasteiger partial charge in [-0.3, -0.25) is 24.7 Å². The first-order valence-electron chi connectivity index (χ1n) is 12.5. The fraction of sp³-hybridized carbons (Fsp3) is 0.286. The van der Waals surface area contributed by atoms with E-state index in [0.717, 1.165) is 42.3 Å². The zero-order chi connectivity index (χ0) is 27.0. The number of carbonyl (C=O) groups is 1. The first-order chi connectivity index (χ1) is 18.2. The van der Waals surface area contributed by atoms with Gasteiger partial charge in [0.25, 0.3) is 0 Å². The molecule has 1 aromatic heterocycles. The van der Waals surface area contributed by atoms with Crippen molar-refractivity contribution >= 4 is 39.4 Å². The van der Waals surface area contributed by atoms with Crippen LogP contribution in [0, 0.1) is 10.8 Å². The van der Waals surface area contributed by atoms with Crippen molar-refractivity contribution in [1.29, 1.82) is 10.8 Å². The SMILES string of the molecule is CC(=N)N1CCC(Oc2ccc3c(c2)n(Cc2ccc4ccc(C(=N)N)cc4c2)c(=O)n3CC(=O)O)CC1. The van der Waals surface area contributed by atoms with E-state index >= 15 is 0 Å². The van der Waals surface area contributed by atoms with Crippen molar-refractivity contribution in [2.75, 3.05) is 13.1 Å². The van der Waals surface area contributed by atoms with Crippen LogP contribution >= 0.6 is 0 Å². The molecule has 1 fully saturated rings. The van der Waals surface area contributed by atoms with Gasteiger partial charge in [-0.25, -0.2) is 4.79 Å². The summed E-state index contributed by atoms with van der Waals surface area (Å²) < 4.78 is 9.09. The van der Waals surface area contributed by atoms with E-state index in [4.69, 9.17) is 21.3 Å². The second-order valence-corrected chi connectivity index (χ2v) is 9.70. The Hall–Kier alpha value is -4.60. The number of nitrogens with two attached hydrogens (primary N) is 1. The molecule has 5 rings (SSSR count). The summed E-state index contributed by atoms with van der Waals surface area (Å²) in [5.74, 6) is 0.0619. The maximum Gasteiger partial charge on any atom is 0.329 e. The van der Waals surface area contributed by atoms with Gasteiger partial charge in [0.1, 0.15) is 24.2 Å². The number of hydrogen-bond donors (Lipinski definition) is 4. The number of nitrogens with zero attached hydrogens (tertiary/aromatic N) is 3. The Labute approximate surface area is 218 Å². The van der Waals surface area contributed by atoms with Crippen molar-refractivity contribution in [1.82, 2.24) is 14.0 Å². The van der Waals surface area contributed by atoms with Gasteiger partial charge in [0.15, 0.2) is 0 Å². The van der Waals surface area contributed by atoms with Gasteiger partial charge in [0, 0.05) is 37.6 Å². The Balaban J connectivity index is 1.50. The molecule has 1 aliphatic heterocycles. The van der Waals surface area contributed by atoms with Crippen LogP contribution in [0.3, 0.4) is 0 Å². The van der Waals surface area contributed by atoms with Crippen LogP contribution in [-0.2, 0) is 17.9 Å². The second-order valence-electron chi connectivity index (χ2n) is 9.70. The highest BCUT2D eigenvalue weighted by molar-refractivity contribution is 5.99. The number of imidazole rings is 1. The van der Waals surface area contributed by atoms with E-state index in [1.807, 2.05) is 35.2 Å². The van der Waals surface area contributed by atoms with Crippen molar-refractivity contribution in [2.24, 2.45) is 5.73 Å². The van der Waals surface area contributed by atoms with E-state index < -0.39 is 18.2 Å². The van der Waals surface area contributed by atoms with Crippen LogP contribution in [0.15, 0.2) is 59.4 Å². The summed E-state index contributed by atoms with van der Waals surface area (Å²) in [6.45, 7) is 3.10. The van der Waals surface area contributed by atoms with E-state index in [1.54, 1.807) is 35.8 Å². The van der Waals surface area contributed by atoms with Crippen molar-refractivity contribution in [3.05, 3.63) is 76.2 Å². The molecule has 1 saturated heterocycles. The Morgan fingerprint density at radius 2 is 1.74 bits per heavy atom. The number of fused-ring (bicyclic) bond motifs is 2. The Morgan fingerprint density at radius 3 is 2.42 bits per heavy atom. The largest absolute Gasteiger partial charge is 0.490 e. The number of carboxylic acid groups (broad SMARTS) is 1. The molecule has 38 heavy (non-hydrogen) atoms. The van der Waals surface area contributed by atoms with Gasteiger partial charge in [-0.15, -0.1) is 0 Å². The molecule has 0 radical (unpaired) electrons. The van der Waals surface area contributed by atoms with Crippen LogP contribution in [0.25, 0.3) is 21.8 Å². The summed E-state index contributed by atoms with van der Waals surface area (Å²) in [7, 11) is 0. The number of nitrogen functional groups attached to an aromatic ring is 1. The number of aliphatic carboxylic acids is 1. The molecule has 10 heteroatoms. The van der Waals surface area contributed by atoms with E-state index in [1.165, 1.54) is 4.57 Å². The lowest BCUT2D eigenvalue weighted by Gasteiger charge is -2.32. The molecular weight excluding hydrogens is 484 g/mol. The standard InChI is InChI=1S/C28H30N6O4/c1-17(29)32-10-8-22(9-11-32)38-23-6-7-24-25(14-23)33(28(37)34(24)16-26(35)36)15-18-2-3-19-4-5-20(27(30)31)13-21(19)12-18/h2-7,12-14,22,29H,8-11,15-16H2,1H3,(H3,30,31)(H,35,36). The van der Waals surface area contributed by atoms with Gasteiger partial charge < -0.3 is 20.5 Å². The average molecular weight is 515 g/mol. The Bertz CT molecular complexity index is 1630. The van der Waals surface area contributed by atoms with Crippen LogP contribution < -0.4 is 16.2 Å². The highest BCUT2D eigenvalue weighted by Crippen LogP contribution is 2.26. The van der Waals surface area contributed by atoms with Crippen molar-refractivity contribution < 1.29 is 14.6 Å². The summed E-state index contributed by atoms with van der Waals surface area (Å²) in [5, 5.41) is 26.9. The minimum absolute atomic E-state index is 0.000266. The van der Waals surface area contributed by atoms with E-state index in [2.05, 4.69) is 0 Å². The molecule has 0 spiro atoms. The molecule has 0 saturated carbocycles. The fourth-order valence-corrected chi connectivity index (χ4v) is 5.06. The molecule has 0 aliphatic carbocycles. The van der Waals surface area contributed by atoms with Crippen molar-refractivity contribution in [3.8, 4) is 5.75 Å². The first kappa shape index (κ1) is 25.1. The van der Waals surface area contributed by atoms with Gasteiger partial charge >= 0.3 is 11.7 Å². The number of likely N-dealkylation sites (tertiary alicyclic amines) is 1. The molecule has 0 atom stereocenters. The molecule has 196 valence electrons. The Kier molecular flexibility index (Phi) is 6.62. The van der Waals surface area contributed by atoms with Crippen LogP contribution in [0.4, 0.5) is 0 Å². The molecule has 0 unspecified atom stereocenters. The molecule has 0 amide bonds. The van der Waals surface area contributed by atoms with Crippen LogP contribution in [0.1, 0.15) is 30.9 Å². The summed E-state index contributed by atoms with van der Waals surface area (Å²) in [6, 6.07) is 16.7. The minimum Gasteiger partial charge on any atom is -0.490 e. The summed E-state index contributed by atoms with van der Waals surface area (Å²) >= 11 is 0. The number of benzene rings is 3. The zero-order valence-corrected chi connectivity index (χ0v) is 21.1. The molecule has 2 heterocycles. The van der Waals surface area contributed by atoms with E-state index in [9.17, 15) is 14.7 Å². The zero-order valence-electron chi connectivity index (χ0n) is 21.1. The number of ether oxygens (including phenoxy) is 1. The van der Waals surface area contributed by atoms with E-state index in [0.29, 0.717) is 28.2 Å². The fourth-order valence-electron chi connectivity index (χ4n) is 5.06. The van der Waals surface area contributed by atoms with Gasteiger partial charge in [-0.05, 0) is 47.5 Å². The third kappa shape index (κ3) is 4.97. The van der Waals surface area contributed by atoms with Gasteiger partial charge in [0.2, 0.25) is 0 Å². The normalized spacial score (nSPS) is 14.2. The van der Waals surface area contributed by atoms with Gasteiger partial charge in [-0.2, -0.15) is 0 Å². The average Bonchev–Trinajstić information content (AvgIpc) is 3.13. The molecule has 1 aliphatic rings. The van der Waals surface area contributed by atoms with Crippen LogP contribution in [-0.4, -0.2) is 56.0 Å². The molecular formula is C28H30N6O4. The second kappa shape index (κ2) is 10.0. The maximum atomic E-state index is 13.4. The number of aromatic nitrogens is 2. The number of nitrogens with one attached hydrogen (secondary N) is 2. The smallest absolute Gasteiger partial charge is 0.329 e. The number of piperidine rings is 1. The van der Waals surface area contributed by atoms with Crippen LogP contribution in [0.2, 0.25) is 0 Å². The predicted molar refractivity (Wildman–Crippen MR) is 147 cm³/mol. The summed E-state index contributed by atoms with van der Waals surface area (Å²) in [5.41, 5.74) is 7.84. The molecule has 4 aromatic rings. The highest BCUT2D eigenvalue weighted by atomic mass is 16.5.